The van der Waals surface area contributed by atoms with Crippen molar-refractivity contribution in [3.8, 4) is 5.88 Å². The highest BCUT2D eigenvalue weighted by atomic mass is 19.1. The van der Waals surface area contributed by atoms with Gasteiger partial charge in [0.1, 0.15) is 11.8 Å². The summed E-state index contributed by atoms with van der Waals surface area (Å²) in [7, 11) is 0. The quantitative estimate of drug-likeness (QED) is 0.806. The molecule has 0 saturated carbocycles. The van der Waals surface area contributed by atoms with Gasteiger partial charge in [-0.2, -0.15) is 9.37 Å². The summed E-state index contributed by atoms with van der Waals surface area (Å²) in [5.74, 6) is -0.529. The first-order valence-corrected chi connectivity index (χ1v) is 6.99. The number of hydrogen-bond donors (Lipinski definition) is 0. The Morgan fingerprint density at radius 1 is 1.36 bits per heavy atom. The smallest absolute Gasteiger partial charge is 0.274 e. The summed E-state index contributed by atoms with van der Waals surface area (Å²) in [4.78, 5) is 25.8. The van der Waals surface area contributed by atoms with Crippen LogP contribution in [-0.2, 0) is 0 Å². The number of aromatic nitrogens is 3. The zero-order chi connectivity index (χ0) is 15.5. The minimum absolute atomic E-state index is 0.175. The lowest BCUT2D eigenvalue weighted by atomic mass is 10.3. The van der Waals surface area contributed by atoms with Gasteiger partial charge in [0, 0.05) is 25.2 Å². The highest BCUT2D eigenvalue weighted by Crippen LogP contribution is 2.18. The van der Waals surface area contributed by atoms with Crippen LogP contribution in [0, 0.1) is 12.9 Å². The van der Waals surface area contributed by atoms with Crippen molar-refractivity contribution in [1.29, 1.82) is 0 Å². The van der Waals surface area contributed by atoms with Crippen molar-refractivity contribution in [3.63, 3.8) is 0 Å². The first-order valence-electron chi connectivity index (χ1n) is 6.99. The molecule has 1 aliphatic rings. The monoisotopic (exact) mass is 302 g/mol. The zero-order valence-electron chi connectivity index (χ0n) is 12.1. The van der Waals surface area contributed by atoms with Crippen LogP contribution in [0.4, 0.5) is 4.39 Å². The van der Waals surface area contributed by atoms with E-state index in [1.165, 1.54) is 18.3 Å². The maximum absolute atomic E-state index is 13.0. The van der Waals surface area contributed by atoms with Crippen molar-refractivity contribution in [2.75, 3.05) is 13.1 Å². The molecule has 0 N–H and O–H groups in total. The Labute approximate surface area is 127 Å². The number of amides is 1. The van der Waals surface area contributed by atoms with Gasteiger partial charge in [-0.15, -0.1) is 0 Å². The number of hydrogen-bond acceptors (Lipinski definition) is 5. The molecule has 0 aromatic carbocycles. The molecule has 2 aromatic rings. The first-order chi connectivity index (χ1) is 10.6. The molecule has 2 aromatic heterocycles. The van der Waals surface area contributed by atoms with E-state index < -0.39 is 5.95 Å². The summed E-state index contributed by atoms with van der Waals surface area (Å²) in [6, 6.07) is 4.39. The van der Waals surface area contributed by atoms with Gasteiger partial charge in [-0.25, -0.2) is 4.98 Å². The van der Waals surface area contributed by atoms with E-state index in [1.807, 2.05) is 6.92 Å². The van der Waals surface area contributed by atoms with Crippen LogP contribution in [0.15, 0.2) is 30.6 Å². The molecule has 1 atom stereocenters. The number of halogens is 1. The van der Waals surface area contributed by atoms with Gasteiger partial charge in [0.15, 0.2) is 0 Å². The Balaban J connectivity index is 1.62. The molecule has 0 aliphatic carbocycles. The Bertz CT molecular complexity index is 677. The molecule has 1 fully saturated rings. The van der Waals surface area contributed by atoms with Crippen LogP contribution >= 0.6 is 0 Å². The predicted octanol–water partition coefficient (Wildman–Crippen LogP) is 1.61. The second-order valence-corrected chi connectivity index (χ2v) is 5.12. The Hall–Kier alpha value is -2.57. The van der Waals surface area contributed by atoms with Gasteiger partial charge in [-0.05, 0) is 13.0 Å². The van der Waals surface area contributed by atoms with Gasteiger partial charge in [0.05, 0.1) is 18.4 Å². The topological polar surface area (TPSA) is 68.2 Å². The molecule has 1 amide bonds. The number of carbonyl (C=O) groups excluding carboxylic acids is 1. The molecule has 0 spiro atoms. The number of nitrogens with zero attached hydrogens (tertiary/aromatic N) is 4. The average molecular weight is 302 g/mol. The Kier molecular flexibility index (Phi) is 3.95. The van der Waals surface area contributed by atoms with E-state index in [4.69, 9.17) is 4.74 Å². The summed E-state index contributed by atoms with van der Waals surface area (Å²) >= 11 is 0. The lowest BCUT2D eigenvalue weighted by Crippen LogP contribution is -2.31. The van der Waals surface area contributed by atoms with Crippen molar-refractivity contribution in [1.82, 2.24) is 19.9 Å². The van der Waals surface area contributed by atoms with Gasteiger partial charge in [0.25, 0.3) is 5.91 Å². The largest absolute Gasteiger partial charge is 0.472 e. The minimum Gasteiger partial charge on any atom is -0.472 e. The number of likely N-dealkylation sites (tertiary alicyclic amines) is 1. The lowest BCUT2D eigenvalue weighted by Gasteiger charge is -2.16. The lowest BCUT2D eigenvalue weighted by molar-refractivity contribution is 0.0764. The van der Waals surface area contributed by atoms with Crippen LogP contribution in [0.1, 0.15) is 22.6 Å². The van der Waals surface area contributed by atoms with Crippen LogP contribution in [0.2, 0.25) is 0 Å². The van der Waals surface area contributed by atoms with Gasteiger partial charge in [0.2, 0.25) is 11.8 Å². The molecular formula is C15H15FN4O2. The van der Waals surface area contributed by atoms with Crippen molar-refractivity contribution in [2.24, 2.45) is 0 Å². The zero-order valence-corrected chi connectivity index (χ0v) is 12.1. The number of aryl methyl sites for hydroxylation is 1. The van der Waals surface area contributed by atoms with Crippen molar-refractivity contribution in [3.05, 3.63) is 47.9 Å². The van der Waals surface area contributed by atoms with Crippen LogP contribution in [-0.4, -0.2) is 45.0 Å². The van der Waals surface area contributed by atoms with Crippen molar-refractivity contribution < 1.29 is 13.9 Å². The average Bonchev–Trinajstić information content (AvgIpc) is 2.96. The summed E-state index contributed by atoms with van der Waals surface area (Å²) in [5.41, 5.74) is 1.08. The number of pyridine rings is 1. The molecule has 1 unspecified atom stereocenters. The summed E-state index contributed by atoms with van der Waals surface area (Å²) in [6.45, 7) is 2.80. The van der Waals surface area contributed by atoms with E-state index in [2.05, 4.69) is 15.0 Å². The normalized spacial score (nSPS) is 17.5. The van der Waals surface area contributed by atoms with Crippen molar-refractivity contribution in [2.45, 2.75) is 19.4 Å². The molecular weight excluding hydrogens is 287 g/mol. The van der Waals surface area contributed by atoms with Crippen LogP contribution in [0.5, 0.6) is 5.88 Å². The highest BCUT2D eigenvalue weighted by molar-refractivity contribution is 5.92. The number of rotatable bonds is 3. The molecule has 1 aliphatic heterocycles. The number of carbonyl (C=O) groups is 1. The van der Waals surface area contributed by atoms with E-state index in [-0.39, 0.29) is 17.9 Å². The summed E-state index contributed by atoms with van der Waals surface area (Å²) in [5, 5.41) is 0. The molecule has 3 heterocycles. The van der Waals surface area contributed by atoms with E-state index >= 15 is 0 Å². The Morgan fingerprint density at radius 2 is 2.23 bits per heavy atom. The fraction of sp³-hybridized carbons (Fsp3) is 0.333. The van der Waals surface area contributed by atoms with E-state index in [0.717, 1.165) is 5.69 Å². The third-order valence-corrected chi connectivity index (χ3v) is 3.41. The second kappa shape index (κ2) is 6.05. The molecule has 0 bridgehead atoms. The maximum atomic E-state index is 13.0. The van der Waals surface area contributed by atoms with Gasteiger partial charge in [-0.3, -0.25) is 9.78 Å². The minimum atomic E-state index is -0.585. The van der Waals surface area contributed by atoms with Crippen LogP contribution in [0.3, 0.4) is 0 Å². The highest BCUT2D eigenvalue weighted by Gasteiger charge is 2.29. The standard InChI is InChI=1S/C15H15FN4O2/c1-10-7-18-12(8-17-10)15(21)20-6-5-11(9-20)22-14-4-2-3-13(16)19-14/h2-4,7-8,11H,5-6,9H2,1H3. The molecule has 0 radical (unpaired) electrons. The SMILES string of the molecule is Cc1cnc(C(=O)N2CCC(Oc3cccc(F)n3)C2)cn1. The maximum Gasteiger partial charge on any atom is 0.274 e. The Morgan fingerprint density at radius 3 is 2.95 bits per heavy atom. The van der Waals surface area contributed by atoms with Crippen LogP contribution < -0.4 is 4.74 Å². The second-order valence-electron chi connectivity index (χ2n) is 5.12. The third-order valence-electron chi connectivity index (χ3n) is 3.41. The molecule has 22 heavy (non-hydrogen) atoms. The van der Waals surface area contributed by atoms with E-state index in [0.29, 0.717) is 25.2 Å². The summed E-state index contributed by atoms with van der Waals surface area (Å²) in [6.07, 6.45) is 3.51. The molecule has 7 heteroatoms. The first kappa shape index (κ1) is 14.4. The third kappa shape index (κ3) is 3.19. The van der Waals surface area contributed by atoms with Gasteiger partial charge in [-0.1, -0.05) is 6.07 Å². The van der Waals surface area contributed by atoms with E-state index in [1.54, 1.807) is 17.2 Å². The summed E-state index contributed by atoms with van der Waals surface area (Å²) < 4.78 is 18.6. The number of ether oxygens (including phenoxy) is 1. The van der Waals surface area contributed by atoms with E-state index in [9.17, 15) is 9.18 Å². The fourth-order valence-electron chi connectivity index (χ4n) is 2.30. The predicted molar refractivity (Wildman–Crippen MR) is 75.9 cm³/mol. The van der Waals surface area contributed by atoms with Crippen molar-refractivity contribution >= 4 is 5.91 Å². The van der Waals surface area contributed by atoms with Crippen LogP contribution in [0.25, 0.3) is 0 Å². The molecule has 1 saturated heterocycles. The molecule has 3 rings (SSSR count). The molecule has 6 nitrogen and oxygen atoms in total. The molecule has 114 valence electrons. The van der Waals surface area contributed by atoms with Gasteiger partial charge >= 0.3 is 0 Å². The fourth-order valence-corrected chi connectivity index (χ4v) is 2.30. The van der Waals surface area contributed by atoms with Gasteiger partial charge < -0.3 is 9.64 Å².